The van der Waals surface area contributed by atoms with Crippen LogP contribution in [0.25, 0.3) is 0 Å². The highest BCUT2D eigenvalue weighted by Gasteiger charge is 2.37. The van der Waals surface area contributed by atoms with Gasteiger partial charge in [-0.2, -0.15) is 0 Å². The number of nitrogens with one attached hydrogen (secondary N) is 1. The Morgan fingerprint density at radius 2 is 2.14 bits per heavy atom. The van der Waals surface area contributed by atoms with Gasteiger partial charge in [0.2, 0.25) is 11.8 Å². The van der Waals surface area contributed by atoms with E-state index in [0.717, 1.165) is 5.92 Å². The van der Waals surface area contributed by atoms with Crippen molar-refractivity contribution in [3.05, 3.63) is 11.8 Å². The highest BCUT2D eigenvalue weighted by atomic mass is 16.4. The molecule has 0 saturated heterocycles. The molecule has 1 aromatic rings. The standard InChI is InChI=1S/C10H17N3O/c1-7-12-13-9(14-7)6-11-10(2,3)8-4-5-8/h8,11H,4-6H2,1-3H3. The molecule has 1 aromatic heterocycles. The molecule has 0 amide bonds. The van der Waals surface area contributed by atoms with Crippen molar-refractivity contribution in [3.8, 4) is 0 Å². The molecule has 0 atom stereocenters. The maximum Gasteiger partial charge on any atom is 0.230 e. The molecule has 14 heavy (non-hydrogen) atoms. The molecule has 1 heterocycles. The van der Waals surface area contributed by atoms with Crippen LogP contribution in [0.5, 0.6) is 0 Å². The van der Waals surface area contributed by atoms with Gasteiger partial charge in [-0.25, -0.2) is 0 Å². The molecule has 4 nitrogen and oxygen atoms in total. The maximum atomic E-state index is 5.29. The van der Waals surface area contributed by atoms with E-state index in [1.165, 1.54) is 12.8 Å². The first-order chi connectivity index (χ1) is 6.58. The topological polar surface area (TPSA) is 51.0 Å². The van der Waals surface area contributed by atoms with Crippen molar-refractivity contribution < 1.29 is 4.42 Å². The zero-order chi connectivity index (χ0) is 10.2. The molecule has 1 fully saturated rings. The Kier molecular flexibility index (Phi) is 2.31. The third kappa shape index (κ3) is 2.12. The van der Waals surface area contributed by atoms with E-state index in [1.807, 2.05) is 6.92 Å². The molecule has 0 aromatic carbocycles. The van der Waals surface area contributed by atoms with Gasteiger partial charge in [-0.15, -0.1) is 10.2 Å². The van der Waals surface area contributed by atoms with Crippen LogP contribution in [0.2, 0.25) is 0 Å². The van der Waals surface area contributed by atoms with Crippen molar-refractivity contribution in [2.45, 2.75) is 45.7 Å². The van der Waals surface area contributed by atoms with Gasteiger partial charge in [-0.1, -0.05) is 0 Å². The van der Waals surface area contributed by atoms with Gasteiger partial charge < -0.3 is 9.73 Å². The van der Waals surface area contributed by atoms with Gasteiger partial charge in [0.25, 0.3) is 0 Å². The summed E-state index contributed by atoms with van der Waals surface area (Å²) in [6.07, 6.45) is 2.67. The number of rotatable bonds is 4. The van der Waals surface area contributed by atoms with Crippen LogP contribution >= 0.6 is 0 Å². The normalized spacial score (nSPS) is 17.4. The van der Waals surface area contributed by atoms with Crippen molar-refractivity contribution in [3.63, 3.8) is 0 Å². The minimum Gasteiger partial charge on any atom is -0.424 e. The molecule has 1 saturated carbocycles. The van der Waals surface area contributed by atoms with Crippen molar-refractivity contribution >= 4 is 0 Å². The number of aromatic nitrogens is 2. The van der Waals surface area contributed by atoms with Gasteiger partial charge in [-0.05, 0) is 32.6 Å². The molecule has 1 N–H and O–H groups in total. The molecule has 0 aliphatic heterocycles. The average Bonchev–Trinajstić information content (AvgIpc) is 2.89. The number of aryl methyl sites for hydroxylation is 1. The minimum absolute atomic E-state index is 0.197. The molecule has 78 valence electrons. The molecule has 0 bridgehead atoms. The lowest BCUT2D eigenvalue weighted by Gasteiger charge is -2.25. The van der Waals surface area contributed by atoms with Crippen molar-refractivity contribution in [1.82, 2.24) is 15.5 Å². The molecular weight excluding hydrogens is 178 g/mol. The molecule has 0 unspecified atom stereocenters. The fourth-order valence-corrected chi connectivity index (χ4v) is 1.66. The minimum atomic E-state index is 0.197. The molecule has 2 rings (SSSR count). The van der Waals surface area contributed by atoms with Gasteiger partial charge in [0.1, 0.15) is 0 Å². The number of hydrogen-bond donors (Lipinski definition) is 1. The maximum absolute atomic E-state index is 5.29. The molecule has 0 spiro atoms. The highest BCUT2D eigenvalue weighted by Crippen LogP contribution is 2.39. The summed E-state index contributed by atoms with van der Waals surface area (Å²) in [5, 5.41) is 11.2. The van der Waals surface area contributed by atoms with E-state index in [0.29, 0.717) is 18.3 Å². The van der Waals surface area contributed by atoms with Crippen molar-refractivity contribution in [1.29, 1.82) is 0 Å². The summed E-state index contributed by atoms with van der Waals surface area (Å²) in [7, 11) is 0. The third-order valence-electron chi connectivity index (χ3n) is 2.86. The fraction of sp³-hybridized carbons (Fsp3) is 0.800. The first-order valence-electron chi connectivity index (χ1n) is 5.12. The zero-order valence-electron chi connectivity index (χ0n) is 9.00. The van der Waals surface area contributed by atoms with Gasteiger partial charge in [0.15, 0.2) is 0 Å². The monoisotopic (exact) mass is 195 g/mol. The summed E-state index contributed by atoms with van der Waals surface area (Å²) in [6.45, 7) is 6.94. The first kappa shape index (κ1) is 9.65. The van der Waals surface area contributed by atoms with Gasteiger partial charge in [0.05, 0.1) is 6.54 Å². The average molecular weight is 195 g/mol. The third-order valence-corrected chi connectivity index (χ3v) is 2.86. The lowest BCUT2D eigenvalue weighted by atomic mass is 9.99. The predicted octanol–water partition coefficient (Wildman–Crippen LogP) is 1.66. The van der Waals surface area contributed by atoms with Crippen LogP contribution in [-0.4, -0.2) is 15.7 Å². The van der Waals surface area contributed by atoms with Crippen molar-refractivity contribution in [2.24, 2.45) is 5.92 Å². The Bertz CT molecular complexity index is 315. The molecule has 0 radical (unpaired) electrons. The van der Waals surface area contributed by atoms with E-state index in [2.05, 4.69) is 29.4 Å². The van der Waals surface area contributed by atoms with Crippen LogP contribution in [0.3, 0.4) is 0 Å². The summed E-state index contributed by atoms with van der Waals surface area (Å²) in [5.41, 5.74) is 0.197. The highest BCUT2D eigenvalue weighted by molar-refractivity contribution is 4.95. The number of nitrogens with zero attached hydrogens (tertiary/aromatic N) is 2. The molecule has 1 aliphatic rings. The van der Waals surface area contributed by atoms with E-state index in [1.54, 1.807) is 0 Å². The van der Waals surface area contributed by atoms with Crippen molar-refractivity contribution in [2.75, 3.05) is 0 Å². The van der Waals surface area contributed by atoms with Gasteiger partial charge in [0, 0.05) is 12.5 Å². The predicted molar refractivity (Wildman–Crippen MR) is 52.7 cm³/mol. The SMILES string of the molecule is Cc1nnc(CNC(C)(C)C2CC2)o1. The van der Waals surface area contributed by atoms with Crippen LogP contribution in [0.1, 0.15) is 38.5 Å². The van der Waals surface area contributed by atoms with E-state index >= 15 is 0 Å². The summed E-state index contributed by atoms with van der Waals surface area (Å²) in [6, 6.07) is 0. The summed E-state index contributed by atoms with van der Waals surface area (Å²) in [5.74, 6) is 2.12. The first-order valence-corrected chi connectivity index (χ1v) is 5.12. The van der Waals surface area contributed by atoms with E-state index in [4.69, 9.17) is 4.42 Å². The number of hydrogen-bond acceptors (Lipinski definition) is 4. The van der Waals surface area contributed by atoms with E-state index in [9.17, 15) is 0 Å². The van der Waals surface area contributed by atoms with Crippen LogP contribution in [0.4, 0.5) is 0 Å². The second kappa shape index (κ2) is 3.35. The Balaban J connectivity index is 1.87. The van der Waals surface area contributed by atoms with Crippen LogP contribution < -0.4 is 5.32 Å². The zero-order valence-corrected chi connectivity index (χ0v) is 9.00. The molecule has 4 heteroatoms. The fourth-order valence-electron chi connectivity index (χ4n) is 1.66. The quantitative estimate of drug-likeness (QED) is 0.793. The lowest BCUT2D eigenvalue weighted by Crippen LogP contribution is -2.40. The Morgan fingerprint density at radius 1 is 1.43 bits per heavy atom. The second-order valence-corrected chi connectivity index (χ2v) is 4.56. The second-order valence-electron chi connectivity index (χ2n) is 4.56. The summed E-state index contributed by atoms with van der Waals surface area (Å²) in [4.78, 5) is 0. The summed E-state index contributed by atoms with van der Waals surface area (Å²) >= 11 is 0. The Morgan fingerprint density at radius 3 is 2.64 bits per heavy atom. The van der Waals surface area contributed by atoms with E-state index in [-0.39, 0.29) is 5.54 Å². The van der Waals surface area contributed by atoms with Gasteiger partial charge >= 0.3 is 0 Å². The molecular formula is C10H17N3O. The van der Waals surface area contributed by atoms with Crippen LogP contribution in [0, 0.1) is 12.8 Å². The van der Waals surface area contributed by atoms with Crippen LogP contribution in [-0.2, 0) is 6.54 Å². The van der Waals surface area contributed by atoms with Crippen LogP contribution in [0.15, 0.2) is 4.42 Å². The van der Waals surface area contributed by atoms with Gasteiger partial charge in [-0.3, -0.25) is 0 Å². The smallest absolute Gasteiger partial charge is 0.230 e. The molecule has 1 aliphatic carbocycles. The summed E-state index contributed by atoms with van der Waals surface area (Å²) < 4.78 is 5.29. The lowest BCUT2D eigenvalue weighted by molar-refractivity contribution is 0.317. The Labute approximate surface area is 84.1 Å². The Hall–Kier alpha value is -0.900. The van der Waals surface area contributed by atoms with E-state index < -0.39 is 0 Å². The largest absolute Gasteiger partial charge is 0.424 e.